The van der Waals surface area contributed by atoms with Gasteiger partial charge in [0.05, 0.1) is 0 Å². The summed E-state index contributed by atoms with van der Waals surface area (Å²) in [7, 11) is 0. The average molecular weight is 311 g/mol. The van der Waals surface area contributed by atoms with Crippen molar-refractivity contribution < 1.29 is 0 Å². The maximum absolute atomic E-state index is 3.65. The Bertz CT molecular complexity index is 993. The molecule has 0 spiro atoms. The summed E-state index contributed by atoms with van der Waals surface area (Å²) >= 11 is 0. The molecule has 0 bridgehead atoms. The van der Waals surface area contributed by atoms with Crippen LogP contribution in [-0.4, -0.2) is 4.98 Å². The number of rotatable bonds is 3. The molecule has 0 saturated heterocycles. The second-order valence-electron chi connectivity index (χ2n) is 6.49. The molecule has 0 fully saturated rings. The van der Waals surface area contributed by atoms with E-state index >= 15 is 0 Å². The first kappa shape index (κ1) is 14.8. The molecule has 1 heterocycles. The van der Waals surface area contributed by atoms with E-state index in [0.717, 1.165) is 6.42 Å². The topological polar surface area (TPSA) is 15.8 Å². The molecule has 1 aromatic heterocycles. The van der Waals surface area contributed by atoms with E-state index in [1.54, 1.807) is 0 Å². The molecule has 4 rings (SSSR count). The fourth-order valence-electron chi connectivity index (χ4n) is 3.36. The molecule has 0 radical (unpaired) electrons. The van der Waals surface area contributed by atoms with Crippen molar-refractivity contribution in [1.82, 2.24) is 4.98 Å². The van der Waals surface area contributed by atoms with Crippen LogP contribution < -0.4 is 0 Å². The maximum atomic E-state index is 3.65. The van der Waals surface area contributed by atoms with Gasteiger partial charge in [-0.25, -0.2) is 0 Å². The molecular weight excluding hydrogens is 290 g/mol. The van der Waals surface area contributed by atoms with Crippen molar-refractivity contribution >= 4 is 10.9 Å². The molecule has 4 aromatic rings. The van der Waals surface area contributed by atoms with Crippen molar-refractivity contribution in [2.75, 3.05) is 0 Å². The van der Waals surface area contributed by atoms with Gasteiger partial charge in [0.25, 0.3) is 0 Å². The first-order valence-corrected chi connectivity index (χ1v) is 8.43. The summed E-state index contributed by atoms with van der Waals surface area (Å²) in [4.78, 5) is 3.65. The molecule has 0 unspecified atom stereocenters. The smallest absolute Gasteiger partial charge is 0.0462 e. The molecule has 0 amide bonds. The van der Waals surface area contributed by atoms with Gasteiger partial charge in [0, 0.05) is 28.6 Å². The van der Waals surface area contributed by atoms with Crippen molar-refractivity contribution in [2.24, 2.45) is 0 Å². The Morgan fingerprint density at radius 2 is 1.50 bits per heavy atom. The predicted octanol–water partition coefficient (Wildman–Crippen LogP) is 6.04. The summed E-state index contributed by atoms with van der Waals surface area (Å²) in [5, 5.41) is 1.30. The zero-order valence-corrected chi connectivity index (χ0v) is 14.1. The number of para-hydroxylation sites is 1. The van der Waals surface area contributed by atoms with Crippen molar-refractivity contribution in [1.29, 1.82) is 0 Å². The predicted molar refractivity (Wildman–Crippen MR) is 102 cm³/mol. The fraction of sp³-hybridized carbons (Fsp3) is 0.130. The Kier molecular flexibility index (Phi) is 3.70. The van der Waals surface area contributed by atoms with Gasteiger partial charge < -0.3 is 4.98 Å². The number of aryl methyl sites for hydroxylation is 2. The van der Waals surface area contributed by atoms with E-state index in [-0.39, 0.29) is 0 Å². The van der Waals surface area contributed by atoms with E-state index in [4.69, 9.17) is 0 Å². The number of hydrogen-bond donors (Lipinski definition) is 1. The molecule has 1 N–H and O–H groups in total. The molecule has 0 atom stereocenters. The highest BCUT2D eigenvalue weighted by Gasteiger charge is 2.14. The van der Waals surface area contributed by atoms with Crippen LogP contribution in [0.2, 0.25) is 0 Å². The fourth-order valence-corrected chi connectivity index (χ4v) is 3.36. The van der Waals surface area contributed by atoms with Gasteiger partial charge in [-0.15, -0.1) is 0 Å². The van der Waals surface area contributed by atoms with Crippen molar-refractivity contribution in [3.8, 4) is 11.1 Å². The third-order valence-corrected chi connectivity index (χ3v) is 4.80. The normalized spacial score (nSPS) is 11.1. The number of aromatic amines is 1. The van der Waals surface area contributed by atoms with Crippen LogP contribution in [0, 0.1) is 13.8 Å². The Balaban J connectivity index is 1.91. The summed E-state index contributed by atoms with van der Waals surface area (Å²) in [6.07, 6.45) is 0.914. The van der Waals surface area contributed by atoms with Gasteiger partial charge in [0.15, 0.2) is 0 Å². The number of fused-ring (bicyclic) bond motifs is 1. The highest BCUT2D eigenvalue weighted by atomic mass is 14.7. The lowest BCUT2D eigenvalue weighted by molar-refractivity contribution is 1.12. The van der Waals surface area contributed by atoms with E-state index in [9.17, 15) is 0 Å². The minimum Gasteiger partial charge on any atom is -0.358 e. The van der Waals surface area contributed by atoms with Gasteiger partial charge in [-0.2, -0.15) is 0 Å². The SMILES string of the molecule is Cc1ccc(-c2c(Cc3ccccc3)[nH]c3ccccc23)cc1C. The van der Waals surface area contributed by atoms with Gasteiger partial charge in [0.2, 0.25) is 0 Å². The molecule has 0 aliphatic carbocycles. The number of benzene rings is 3. The van der Waals surface area contributed by atoms with Gasteiger partial charge in [-0.05, 0) is 42.2 Å². The molecule has 24 heavy (non-hydrogen) atoms. The summed E-state index contributed by atoms with van der Waals surface area (Å²) in [6, 6.07) is 26.0. The van der Waals surface area contributed by atoms with Crippen molar-refractivity contribution in [3.05, 3.63) is 95.2 Å². The van der Waals surface area contributed by atoms with Crippen LogP contribution in [0.4, 0.5) is 0 Å². The molecule has 0 saturated carbocycles. The van der Waals surface area contributed by atoms with Crippen LogP contribution in [0.25, 0.3) is 22.0 Å². The van der Waals surface area contributed by atoms with Crippen molar-refractivity contribution in [3.63, 3.8) is 0 Å². The number of aromatic nitrogens is 1. The molecule has 0 aliphatic heterocycles. The van der Waals surface area contributed by atoms with E-state index in [2.05, 4.69) is 91.6 Å². The highest BCUT2D eigenvalue weighted by Crippen LogP contribution is 2.34. The Labute approximate surface area is 143 Å². The first-order valence-electron chi connectivity index (χ1n) is 8.43. The van der Waals surface area contributed by atoms with Gasteiger partial charge >= 0.3 is 0 Å². The van der Waals surface area contributed by atoms with Crippen LogP contribution in [-0.2, 0) is 6.42 Å². The zero-order chi connectivity index (χ0) is 16.5. The average Bonchev–Trinajstić information content (AvgIpc) is 2.96. The van der Waals surface area contributed by atoms with Gasteiger partial charge in [-0.3, -0.25) is 0 Å². The quantitative estimate of drug-likeness (QED) is 0.474. The second-order valence-corrected chi connectivity index (χ2v) is 6.49. The summed E-state index contributed by atoms with van der Waals surface area (Å²) in [5.74, 6) is 0. The minimum absolute atomic E-state index is 0.914. The largest absolute Gasteiger partial charge is 0.358 e. The van der Waals surface area contributed by atoms with Gasteiger partial charge in [-0.1, -0.05) is 66.7 Å². The number of hydrogen-bond acceptors (Lipinski definition) is 0. The lowest BCUT2D eigenvalue weighted by Crippen LogP contribution is -1.92. The van der Waals surface area contributed by atoms with Crippen molar-refractivity contribution in [2.45, 2.75) is 20.3 Å². The first-order chi connectivity index (χ1) is 11.7. The summed E-state index contributed by atoms with van der Waals surface area (Å²) in [6.45, 7) is 4.35. The summed E-state index contributed by atoms with van der Waals surface area (Å²) < 4.78 is 0. The van der Waals surface area contributed by atoms with Crippen LogP contribution in [0.5, 0.6) is 0 Å². The van der Waals surface area contributed by atoms with E-state index in [1.807, 2.05) is 0 Å². The van der Waals surface area contributed by atoms with Crippen LogP contribution in [0.1, 0.15) is 22.4 Å². The Morgan fingerprint density at radius 3 is 2.29 bits per heavy atom. The van der Waals surface area contributed by atoms with Crippen LogP contribution >= 0.6 is 0 Å². The number of H-pyrrole nitrogens is 1. The van der Waals surface area contributed by atoms with Gasteiger partial charge in [0.1, 0.15) is 0 Å². The van der Waals surface area contributed by atoms with Crippen LogP contribution in [0.3, 0.4) is 0 Å². The molecular formula is C23H21N. The lowest BCUT2D eigenvalue weighted by Gasteiger charge is -2.08. The molecule has 3 aromatic carbocycles. The van der Waals surface area contributed by atoms with E-state index in [0.29, 0.717) is 0 Å². The Morgan fingerprint density at radius 1 is 0.750 bits per heavy atom. The monoisotopic (exact) mass is 311 g/mol. The molecule has 118 valence electrons. The second kappa shape index (κ2) is 6.01. The Hall–Kier alpha value is -2.80. The molecule has 1 heteroatoms. The molecule has 0 aliphatic rings. The summed E-state index contributed by atoms with van der Waals surface area (Å²) in [5.41, 5.74) is 9.11. The number of nitrogens with one attached hydrogen (secondary N) is 1. The van der Waals surface area contributed by atoms with E-state index < -0.39 is 0 Å². The minimum atomic E-state index is 0.914. The maximum Gasteiger partial charge on any atom is 0.0462 e. The third-order valence-electron chi connectivity index (χ3n) is 4.80. The lowest BCUT2D eigenvalue weighted by atomic mass is 9.96. The molecule has 1 nitrogen and oxygen atoms in total. The standard InChI is InChI=1S/C23H21N/c1-16-12-13-19(14-17(16)2)23-20-10-6-7-11-21(20)24-22(23)15-18-8-4-3-5-9-18/h3-14,24H,15H2,1-2H3. The zero-order valence-electron chi connectivity index (χ0n) is 14.1. The van der Waals surface area contributed by atoms with Crippen LogP contribution in [0.15, 0.2) is 72.8 Å². The third kappa shape index (κ3) is 2.63. The van der Waals surface area contributed by atoms with E-state index in [1.165, 1.54) is 44.4 Å². The highest BCUT2D eigenvalue weighted by molar-refractivity contribution is 5.97.